The first-order valence-electron chi connectivity index (χ1n) is 4.71. The van der Waals surface area contributed by atoms with Crippen LogP contribution in [0.5, 0.6) is 0 Å². The minimum Gasteiger partial charge on any atom is -0.361 e. The van der Waals surface area contributed by atoms with Gasteiger partial charge < -0.3 is 4.74 Å². The molecule has 0 aromatic carbocycles. The van der Waals surface area contributed by atoms with Gasteiger partial charge in [-0.2, -0.15) is 0 Å². The van der Waals surface area contributed by atoms with E-state index >= 15 is 0 Å². The van der Waals surface area contributed by atoms with Crippen molar-refractivity contribution in [1.29, 1.82) is 0 Å². The maximum Gasteiger partial charge on any atom is 0.119 e. The summed E-state index contributed by atoms with van der Waals surface area (Å²) in [5.74, 6) is 5.95. The highest BCUT2D eigenvalue weighted by Gasteiger charge is 2.02. The molecule has 0 spiro atoms. The second-order valence-electron chi connectivity index (χ2n) is 3.03. The van der Waals surface area contributed by atoms with Crippen molar-refractivity contribution < 1.29 is 4.74 Å². The van der Waals surface area contributed by atoms with Crippen LogP contribution in [0, 0.1) is 11.8 Å². The van der Waals surface area contributed by atoms with Crippen LogP contribution >= 0.6 is 0 Å². The first-order chi connectivity index (χ1) is 6.70. The summed E-state index contributed by atoms with van der Waals surface area (Å²) >= 11 is 0. The molecule has 0 unspecified atom stereocenters. The van der Waals surface area contributed by atoms with Gasteiger partial charge in [-0.15, -0.1) is 13.2 Å². The number of allylic oxidation sites excluding steroid dienone is 2. The van der Waals surface area contributed by atoms with Crippen LogP contribution in [0.25, 0.3) is 0 Å². The van der Waals surface area contributed by atoms with Crippen LogP contribution in [0.3, 0.4) is 0 Å². The van der Waals surface area contributed by atoms with E-state index in [-0.39, 0.29) is 6.10 Å². The van der Waals surface area contributed by atoms with Gasteiger partial charge in [0.2, 0.25) is 0 Å². The molecule has 1 heteroatoms. The third kappa shape index (κ3) is 7.39. The summed E-state index contributed by atoms with van der Waals surface area (Å²) in [4.78, 5) is 0. The summed E-state index contributed by atoms with van der Waals surface area (Å²) in [5.41, 5.74) is 0.857. The summed E-state index contributed by atoms with van der Waals surface area (Å²) in [7, 11) is 0. The Morgan fingerprint density at radius 2 is 2.14 bits per heavy atom. The van der Waals surface area contributed by atoms with Gasteiger partial charge >= 0.3 is 0 Å². The van der Waals surface area contributed by atoms with Crippen LogP contribution in [-0.4, -0.2) is 12.7 Å². The molecule has 0 aliphatic carbocycles. The third-order valence-corrected chi connectivity index (χ3v) is 1.49. The van der Waals surface area contributed by atoms with Crippen LogP contribution in [0.4, 0.5) is 0 Å². The summed E-state index contributed by atoms with van der Waals surface area (Å²) in [6, 6.07) is 0. The Bertz CT molecular complexity index is 240. The lowest BCUT2D eigenvalue weighted by atomic mass is 10.2. The average Bonchev–Trinajstić information content (AvgIpc) is 2.16. The van der Waals surface area contributed by atoms with Crippen LogP contribution < -0.4 is 0 Å². The predicted octanol–water partition coefficient (Wildman–Crippen LogP) is 3.10. The third-order valence-electron chi connectivity index (χ3n) is 1.49. The first kappa shape index (κ1) is 12.7. The van der Waals surface area contributed by atoms with E-state index in [4.69, 9.17) is 4.74 Å². The number of hydrogen-bond donors (Lipinski definition) is 0. The summed E-state index contributed by atoms with van der Waals surface area (Å²) in [5, 5.41) is 0. The standard InChI is InChI=1S/C13H18O/c1-5-7-8-13(14-11-6-2)10-9-12(3)4/h5-6,13H,1-3,7-8,11H2,4H3/t13-/m1/s1. The number of rotatable bonds is 6. The van der Waals surface area contributed by atoms with Crippen molar-refractivity contribution >= 4 is 0 Å². The quantitative estimate of drug-likeness (QED) is 0.462. The zero-order valence-electron chi connectivity index (χ0n) is 8.88. The fraction of sp³-hybridized carbons (Fsp3) is 0.385. The zero-order chi connectivity index (χ0) is 10.8. The molecular formula is C13H18O. The highest BCUT2D eigenvalue weighted by molar-refractivity contribution is 5.24. The highest BCUT2D eigenvalue weighted by Crippen LogP contribution is 2.02. The summed E-state index contributed by atoms with van der Waals surface area (Å²) < 4.78 is 5.46. The topological polar surface area (TPSA) is 9.23 Å². The van der Waals surface area contributed by atoms with Crippen LogP contribution in [0.15, 0.2) is 37.5 Å². The Balaban J connectivity index is 4.10. The van der Waals surface area contributed by atoms with Crippen molar-refractivity contribution in [2.24, 2.45) is 0 Å². The normalized spacial score (nSPS) is 10.9. The Morgan fingerprint density at radius 3 is 2.64 bits per heavy atom. The molecule has 0 aliphatic heterocycles. The smallest absolute Gasteiger partial charge is 0.119 e. The van der Waals surface area contributed by atoms with E-state index in [1.807, 2.05) is 13.0 Å². The molecule has 0 N–H and O–H groups in total. The van der Waals surface area contributed by atoms with Crippen molar-refractivity contribution in [3.63, 3.8) is 0 Å². The maximum atomic E-state index is 5.46. The fourth-order valence-corrected chi connectivity index (χ4v) is 0.854. The molecule has 0 bridgehead atoms. The van der Waals surface area contributed by atoms with Gasteiger partial charge in [0.15, 0.2) is 0 Å². The molecule has 0 rings (SSSR count). The van der Waals surface area contributed by atoms with E-state index in [0.29, 0.717) is 6.61 Å². The van der Waals surface area contributed by atoms with Gasteiger partial charge in [-0.3, -0.25) is 0 Å². The maximum absolute atomic E-state index is 5.46. The molecular weight excluding hydrogens is 172 g/mol. The van der Waals surface area contributed by atoms with Crippen molar-refractivity contribution in [2.75, 3.05) is 6.61 Å². The Hall–Kier alpha value is -1.26. The van der Waals surface area contributed by atoms with Crippen LogP contribution in [0.1, 0.15) is 19.8 Å². The second-order valence-corrected chi connectivity index (χ2v) is 3.03. The largest absolute Gasteiger partial charge is 0.361 e. The monoisotopic (exact) mass is 190 g/mol. The predicted molar refractivity (Wildman–Crippen MR) is 62.0 cm³/mol. The van der Waals surface area contributed by atoms with Crippen LogP contribution in [-0.2, 0) is 4.74 Å². The van der Waals surface area contributed by atoms with Crippen molar-refractivity contribution in [2.45, 2.75) is 25.9 Å². The van der Waals surface area contributed by atoms with Gasteiger partial charge in [0.05, 0.1) is 6.61 Å². The molecule has 0 heterocycles. The average molecular weight is 190 g/mol. The van der Waals surface area contributed by atoms with E-state index < -0.39 is 0 Å². The minimum absolute atomic E-state index is 0.0392. The van der Waals surface area contributed by atoms with Gasteiger partial charge in [-0.05, 0) is 25.3 Å². The molecule has 1 atom stereocenters. The molecule has 0 aromatic rings. The molecule has 0 amide bonds. The summed E-state index contributed by atoms with van der Waals surface area (Å²) in [6.45, 7) is 13.4. The molecule has 14 heavy (non-hydrogen) atoms. The lowest BCUT2D eigenvalue weighted by Crippen LogP contribution is -2.10. The van der Waals surface area contributed by atoms with E-state index in [0.717, 1.165) is 18.4 Å². The molecule has 0 saturated heterocycles. The van der Waals surface area contributed by atoms with Crippen molar-refractivity contribution in [3.8, 4) is 11.8 Å². The van der Waals surface area contributed by atoms with Gasteiger partial charge in [-0.1, -0.05) is 30.6 Å². The van der Waals surface area contributed by atoms with Crippen molar-refractivity contribution in [1.82, 2.24) is 0 Å². The fourth-order valence-electron chi connectivity index (χ4n) is 0.854. The molecule has 0 saturated carbocycles. The van der Waals surface area contributed by atoms with Crippen LogP contribution in [0.2, 0.25) is 0 Å². The Morgan fingerprint density at radius 1 is 1.43 bits per heavy atom. The van der Waals surface area contributed by atoms with E-state index in [9.17, 15) is 0 Å². The highest BCUT2D eigenvalue weighted by atomic mass is 16.5. The van der Waals surface area contributed by atoms with Gasteiger partial charge in [0.1, 0.15) is 6.10 Å². The first-order valence-corrected chi connectivity index (χ1v) is 4.71. The zero-order valence-corrected chi connectivity index (χ0v) is 8.88. The second kappa shape index (κ2) is 8.34. The van der Waals surface area contributed by atoms with E-state index in [1.54, 1.807) is 6.08 Å². The molecule has 0 aromatic heterocycles. The van der Waals surface area contributed by atoms with Gasteiger partial charge in [0, 0.05) is 0 Å². The van der Waals surface area contributed by atoms with Gasteiger partial charge in [-0.25, -0.2) is 0 Å². The molecule has 0 radical (unpaired) electrons. The van der Waals surface area contributed by atoms with E-state index in [1.165, 1.54) is 0 Å². The number of hydrogen-bond acceptors (Lipinski definition) is 1. The molecule has 0 fully saturated rings. The number of ether oxygens (including phenoxy) is 1. The van der Waals surface area contributed by atoms with Gasteiger partial charge in [0.25, 0.3) is 0 Å². The lowest BCUT2D eigenvalue weighted by molar-refractivity contribution is 0.110. The molecule has 76 valence electrons. The Kier molecular flexibility index (Phi) is 7.59. The minimum atomic E-state index is -0.0392. The van der Waals surface area contributed by atoms with E-state index in [2.05, 4.69) is 31.6 Å². The lowest BCUT2D eigenvalue weighted by Gasteiger charge is -2.08. The molecule has 1 nitrogen and oxygen atoms in total. The SMILES string of the molecule is C=CCC[C@H](C#CC(=C)C)OCC=C. The molecule has 0 aliphatic rings. The van der Waals surface area contributed by atoms with Crippen molar-refractivity contribution in [3.05, 3.63) is 37.5 Å². The Labute approximate surface area is 87.2 Å². The summed E-state index contributed by atoms with van der Waals surface area (Å²) in [6.07, 6.45) is 5.34.